The van der Waals surface area contributed by atoms with Gasteiger partial charge < -0.3 is 9.47 Å². The first kappa shape index (κ1) is 13.1. The Morgan fingerprint density at radius 3 is 1.64 bits per heavy atom. The van der Waals surface area contributed by atoms with E-state index in [9.17, 15) is 9.59 Å². The molecular weight excluding hydrogens is 235 g/mol. The van der Waals surface area contributed by atoms with Crippen molar-refractivity contribution in [2.24, 2.45) is 0 Å². The van der Waals surface area contributed by atoms with Crippen LogP contribution in [0.15, 0.2) is 0 Å². The van der Waals surface area contributed by atoms with Gasteiger partial charge in [0.05, 0.1) is 14.2 Å². The third-order valence-electron chi connectivity index (χ3n) is 1.17. The van der Waals surface area contributed by atoms with Gasteiger partial charge in [0.1, 0.15) is 11.0 Å². The van der Waals surface area contributed by atoms with Gasteiger partial charge in [-0.2, -0.15) is 0 Å². The van der Waals surface area contributed by atoms with Crippen LogP contribution in [0.5, 0.6) is 0 Å². The largest absolute Gasteiger partial charge is 0.453 e. The molecule has 0 aliphatic heterocycles. The zero-order valence-corrected chi connectivity index (χ0v) is 9.06. The van der Waals surface area contributed by atoms with Gasteiger partial charge in [-0.05, 0) is 0 Å². The van der Waals surface area contributed by atoms with Crippen molar-refractivity contribution in [1.82, 2.24) is 10.6 Å². The monoisotopic (exact) mass is 244 g/mol. The number of alkyl carbamates (subject to hydrolysis) is 2. The SMILES string of the molecule is COC(=O)NC(NC(=O)OC)C(Cl)Cl. The molecule has 0 heterocycles. The van der Waals surface area contributed by atoms with Gasteiger partial charge in [0, 0.05) is 0 Å². The predicted octanol–water partition coefficient (Wildman–Crippen LogP) is 0.828. The Kier molecular flexibility index (Phi) is 6.14. The minimum Gasteiger partial charge on any atom is -0.453 e. The molecule has 0 atom stereocenters. The molecule has 0 unspecified atom stereocenters. The number of ether oxygens (including phenoxy) is 2. The molecule has 6 nitrogen and oxygen atoms in total. The van der Waals surface area contributed by atoms with E-state index in [2.05, 4.69) is 20.1 Å². The van der Waals surface area contributed by atoms with Crippen LogP contribution in [0.25, 0.3) is 0 Å². The van der Waals surface area contributed by atoms with Crippen LogP contribution < -0.4 is 10.6 Å². The lowest BCUT2D eigenvalue weighted by Crippen LogP contribution is -2.51. The maximum absolute atomic E-state index is 10.8. The van der Waals surface area contributed by atoms with E-state index in [1.165, 1.54) is 14.2 Å². The number of halogens is 2. The summed E-state index contributed by atoms with van der Waals surface area (Å²) in [7, 11) is 2.34. The molecule has 82 valence electrons. The summed E-state index contributed by atoms with van der Waals surface area (Å²) < 4.78 is 8.57. The van der Waals surface area contributed by atoms with Crippen LogP contribution in [0.3, 0.4) is 0 Å². The average Bonchev–Trinajstić information content (AvgIpc) is 2.16. The summed E-state index contributed by atoms with van der Waals surface area (Å²) in [5.74, 6) is 0. The van der Waals surface area contributed by atoms with E-state index in [0.29, 0.717) is 0 Å². The van der Waals surface area contributed by atoms with E-state index >= 15 is 0 Å². The van der Waals surface area contributed by atoms with Crippen molar-refractivity contribution in [3.8, 4) is 0 Å². The Morgan fingerprint density at radius 1 is 1.07 bits per heavy atom. The summed E-state index contributed by atoms with van der Waals surface area (Å²) in [5.41, 5.74) is 0. The Morgan fingerprint density at radius 2 is 1.43 bits per heavy atom. The standard InChI is InChI=1S/C6H10Cl2N2O4/c1-13-5(11)9-4(3(7)8)10-6(12)14-2/h3-4H,1-2H3,(H,9,11)(H,10,12). The normalized spacial score (nSPS) is 9.86. The fourth-order valence-electron chi connectivity index (χ4n) is 0.534. The second kappa shape index (κ2) is 6.56. The molecule has 0 rings (SSSR count). The first-order valence-electron chi connectivity index (χ1n) is 3.48. The van der Waals surface area contributed by atoms with Gasteiger partial charge in [-0.15, -0.1) is 23.2 Å². The summed E-state index contributed by atoms with van der Waals surface area (Å²) >= 11 is 10.9. The Bertz CT molecular complexity index is 194. The number of hydrogen-bond donors (Lipinski definition) is 2. The van der Waals surface area contributed by atoms with Crippen LogP contribution in [0.2, 0.25) is 0 Å². The highest BCUT2D eigenvalue weighted by molar-refractivity contribution is 6.44. The van der Waals surface area contributed by atoms with Crippen LogP contribution in [-0.4, -0.2) is 37.4 Å². The van der Waals surface area contributed by atoms with Crippen molar-refractivity contribution < 1.29 is 19.1 Å². The highest BCUT2D eigenvalue weighted by Crippen LogP contribution is 2.05. The quantitative estimate of drug-likeness (QED) is 0.570. The predicted molar refractivity (Wildman–Crippen MR) is 50.4 cm³/mol. The summed E-state index contributed by atoms with van der Waals surface area (Å²) in [5, 5.41) is 4.39. The number of methoxy groups -OCH3 is 2. The second-order valence-corrected chi connectivity index (χ2v) is 3.25. The Hall–Kier alpha value is -0.880. The Balaban J connectivity index is 4.16. The fraction of sp³-hybridized carbons (Fsp3) is 0.667. The molecule has 2 N–H and O–H groups in total. The van der Waals surface area contributed by atoms with Gasteiger partial charge in [0.15, 0.2) is 0 Å². The lowest BCUT2D eigenvalue weighted by Gasteiger charge is -2.19. The molecule has 0 aliphatic rings. The molecule has 0 saturated carbocycles. The summed E-state index contributed by atoms with van der Waals surface area (Å²) in [6, 6.07) is 0. The first-order chi connectivity index (χ1) is 6.51. The topological polar surface area (TPSA) is 76.7 Å². The molecule has 0 saturated heterocycles. The third-order valence-corrected chi connectivity index (χ3v) is 1.67. The van der Waals surface area contributed by atoms with Gasteiger partial charge in [-0.25, -0.2) is 9.59 Å². The molecule has 0 radical (unpaired) electrons. The number of rotatable bonds is 3. The van der Waals surface area contributed by atoms with E-state index in [-0.39, 0.29) is 0 Å². The Labute approximate surface area is 90.8 Å². The summed E-state index contributed by atoms with van der Waals surface area (Å²) in [6.07, 6.45) is -2.51. The average molecular weight is 245 g/mol. The second-order valence-electron chi connectivity index (χ2n) is 2.08. The van der Waals surface area contributed by atoms with E-state index in [1.54, 1.807) is 0 Å². The van der Waals surface area contributed by atoms with Gasteiger partial charge in [-0.1, -0.05) is 0 Å². The lowest BCUT2D eigenvalue weighted by molar-refractivity contribution is 0.154. The van der Waals surface area contributed by atoms with Crippen LogP contribution in [-0.2, 0) is 9.47 Å². The molecule has 0 aromatic rings. The third kappa shape index (κ3) is 4.98. The minimum absolute atomic E-state index is 0.766. The van der Waals surface area contributed by atoms with Gasteiger partial charge in [0.25, 0.3) is 0 Å². The number of carbonyl (C=O) groups is 2. The maximum Gasteiger partial charge on any atom is 0.408 e. The molecule has 0 aromatic carbocycles. The van der Waals surface area contributed by atoms with Crippen LogP contribution in [0.1, 0.15) is 0 Å². The zero-order chi connectivity index (χ0) is 11.1. The van der Waals surface area contributed by atoms with E-state index < -0.39 is 23.2 Å². The van der Waals surface area contributed by atoms with Crippen molar-refractivity contribution in [3.05, 3.63) is 0 Å². The van der Waals surface area contributed by atoms with Crippen molar-refractivity contribution >= 4 is 35.4 Å². The summed E-state index contributed by atoms with van der Waals surface area (Å²) in [4.78, 5) is 20.5. The van der Waals surface area contributed by atoms with Gasteiger partial charge >= 0.3 is 12.2 Å². The molecule has 0 aliphatic carbocycles. The maximum atomic E-state index is 10.8. The van der Waals surface area contributed by atoms with Crippen molar-refractivity contribution in [2.45, 2.75) is 11.0 Å². The molecule has 0 bridgehead atoms. The molecule has 14 heavy (non-hydrogen) atoms. The van der Waals surface area contributed by atoms with Crippen molar-refractivity contribution in [2.75, 3.05) is 14.2 Å². The van der Waals surface area contributed by atoms with E-state index in [1.807, 2.05) is 0 Å². The van der Waals surface area contributed by atoms with Crippen LogP contribution in [0.4, 0.5) is 9.59 Å². The van der Waals surface area contributed by atoms with Crippen molar-refractivity contribution in [3.63, 3.8) is 0 Å². The number of carbonyl (C=O) groups excluding carboxylic acids is 2. The number of nitrogens with one attached hydrogen (secondary N) is 2. The molecular formula is C6H10Cl2N2O4. The smallest absolute Gasteiger partial charge is 0.408 e. The minimum atomic E-state index is -1.02. The van der Waals surface area contributed by atoms with Crippen LogP contribution >= 0.6 is 23.2 Å². The van der Waals surface area contributed by atoms with E-state index in [4.69, 9.17) is 23.2 Å². The molecule has 0 aromatic heterocycles. The highest BCUT2D eigenvalue weighted by atomic mass is 35.5. The number of hydrogen-bond acceptors (Lipinski definition) is 4. The molecule has 0 fully saturated rings. The van der Waals surface area contributed by atoms with E-state index in [0.717, 1.165) is 0 Å². The molecule has 8 heteroatoms. The first-order valence-corrected chi connectivity index (χ1v) is 4.35. The number of alkyl halides is 2. The lowest BCUT2D eigenvalue weighted by atomic mass is 10.5. The highest BCUT2D eigenvalue weighted by Gasteiger charge is 2.21. The zero-order valence-electron chi connectivity index (χ0n) is 7.54. The number of amides is 2. The van der Waals surface area contributed by atoms with Gasteiger partial charge in [0.2, 0.25) is 0 Å². The molecule has 0 spiro atoms. The van der Waals surface area contributed by atoms with Gasteiger partial charge in [-0.3, -0.25) is 10.6 Å². The van der Waals surface area contributed by atoms with Crippen LogP contribution in [0, 0.1) is 0 Å². The molecule has 2 amide bonds. The summed E-state index contributed by atoms with van der Waals surface area (Å²) in [6.45, 7) is 0. The fourth-order valence-corrected chi connectivity index (χ4v) is 0.786. The van der Waals surface area contributed by atoms with Crippen molar-refractivity contribution in [1.29, 1.82) is 0 Å².